The highest BCUT2D eigenvalue weighted by Gasteiger charge is 2.31. The molecule has 2 amide bonds. The Kier molecular flexibility index (Phi) is 5.07. The third kappa shape index (κ3) is 4.78. The maximum Gasteiger partial charge on any atom is 0.387 e. The Morgan fingerprint density at radius 3 is 2.48 bits per heavy atom. The molecule has 1 aliphatic heterocycles. The smallest absolute Gasteiger partial charge is 0.387 e. The summed E-state index contributed by atoms with van der Waals surface area (Å²) < 4.78 is 39.9. The predicted molar refractivity (Wildman–Crippen MR) is 95.3 cm³/mol. The second-order valence-corrected chi connectivity index (χ2v) is 6.57. The summed E-state index contributed by atoms with van der Waals surface area (Å²) in [7, 11) is 1.63. The number of rotatable bonds is 5. The Bertz CT molecular complexity index is 825. The van der Waals surface area contributed by atoms with Crippen LogP contribution in [0, 0.1) is 0 Å². The van der Waals surface area contributed by atoms with E-state index >= 15 is 0 Å². The molecule has 1 aliphatic rings. The molecule has 1 N–H and O–H groups in total. The molecular formula is C19H20F2N2O4. The first-order valence-electron chi connectivity index (χ1n) is 8.30. The molecule has 8 heteroatoms. The van der Waals surface area contributed by atoms with Gasteiger partial charge in [-0.25, -0.2) is 4.79 Å². The van der Waals surface area contributed by atoms with Crippen LogP contribution in [0.4, 0.5) is 19.3 Å². The van der Waals surface area contributed by atoms with Gasteiger partial charge in [-0.05, 0) is 29.8 Å². The molecule has 0 aromatic heterocycles. The molecule has 0 spiro atoms. The molecule has 0 fully saturated rings. The van der Waals surface area contributed by atoms with Crippen LogP contribution in [0.25, 0.3) is 0 Å². The molecule has 0 atom stereocenters. The number of benzene rings is 2. The molecule has 3 rings (SSSR count). The largest absolute Gasteiger partial charge is 0.449 e. The van der Waals surface area contributed by atoms with E-state index in [9.17, 15) is 13.6 Å². The molecule has 0 unspecified atom stereocenters. The van der Waals surface area contributed by atoms with Crippen LogP contribution in [0.15, 0.2) is 42.5 Å². The van der Waals surface area contributed by atoms with E-state index < -0.39 is 12.4 Å². The summed E-state index contributed by atoms with van der Waals surface area (Å²) in [6.45, 7) is 1.04. The van der Waals surface area contributed by atoms with Crippen molar-refractivity contribution in [1.29, 1.82) is 0 Å². The maximum absolute atomic E-state index is 12.4. The molecule has 1 heterocycles. The molecule has 6 nitrogen and oxygen atoms in total. The number of urea groups is 1. The highest BCUT2D eigenvalue weighted by atomic mass is 19.3. The number of amides is 2. The topological polar surface area (TPSA) is 60.0 Å². The summed E-state index contributed by atoms with van der Waals surface area (Å²) in [5, 5.41) is 2.78. The average Bonchev–Trinajstić information content (AvgIpc) is 2.89. The van der Waals surface area contributed by atoms with Gasteiger partial charge in [-0.2, -0.15) is 8.78 Å². The minimum atomic E-state index is -2.86. The van der Waals surface area contributed by atoms with E-state index in [2.05, 4.69) is 10.1 Å². The first-order chi connectivity index (χ1) is 12.7. The third-order valence-electron chi connectivity index (χ3n) is 3.82. The van der Waals surface area contributed by atoms with E-state index in [1.165, 1.54) is 17.0 Å². The number of carbonyl (C=O) groups is 1. The zero-order chi connectivity index (χ0) is 19.6. The summed E-state index contributed by atoms with van der Waals surface area (Å²) in [4.78, 5) is 13.8. The minimum absolute atomic E-state index is 0.0733. The predicted octanol–water partition coefficient (Wildman–Crippen LogP) is 4.46. The number of nitrogens with one attached hydrogen (secondary N) is 1. The second kappa shape index (κ2) is 7.30. The van der Waals surface area contributed by atoms with Crippen LogP contribution in [0.2, 0.25) is 0 Å². The van der Waals surface area contributed by atoms with Gasteiger partial charge in [-0.3, -0.25) is 0 Å². The molecule has 2 aromatic rings. The lowest BCUT2D eigenvalue weighted by atomic mass is 10.2. The molecule has 0 saturated carbocycles. The molecule has 144 valence electrons. The Balaban J connectivity index is 1.58. The van der Waals surface area contributed by atoms with E-state index in [0.717, 1.165) is 5.56 Å². The second-order valence-electron chi connectivity index (χ2n) is 6.57. The molecule has 0 aliphatic carbocycles. The van der Waals surface area contributed by atoms with Crippen molar-refractivity contribution in [3.05, 3.63) is 48.0 Å². The van der Waals surface area contributed by atoms with Crippen LogP contribution in [0.5, 0.6) is 17.2 Å². The fourth-order valence-electron chi connectivity index (χ4n) is 2.64. The molecular weight excluding hydrogens is 358 g/mol. The van der Waals surface area contributed by atoms with E-state index in [4.69, 9.17) is 9.47 Å². The number of fused-ring (bicyclic) bond motifs is 1. The highest BCUT2D eigenvalue weighted by molar-refractivity contribution is 5.89. The summed E-state index contributed by atoms with van der Waals surface area (Å²) in [5.41, 5.74) is 1.36. The lowest BCUT2D eigenvalue weighted by molar-refractivity contribution is -0.0499. The number of ether oxygens (including phenoxy) is 3. The van der Waals surface area contributed by atoms with Crippen molar-refractivity contribution in [2.24, 2.45) is 0 Å². The normalized spacial score (nSPS) is 14.1. The fourth-order valence-corrected chi connectivity index (χ4v) is 2.64. The van der Waals surface area contributed by atoms with Crippen molar-refractivity contribution < 1.29 is 27.8 Å². The number of hydrogen-bond donors (Lipinski definition) is 1. The van der Waals surface area contributed by atoms with Crippen LogP contribution in [0.1, 0.15) is 19.4 Å². The van der Waals surface area contributed by atoms with Gasteiger partial charge in [0.15, 0.2) is 11.5 Å². The SMILES string of the molecule is CN(Cc1ccc(OC(F)F)cc1)C(=O)Nc1ccc2c(c1)OC(C)(C)O2. The lowest BCUT2D eigenvalue weighted by Gasteiger charge is -2.18. The quantitative estimate of drug-likeness (QED) is 0.835. The zero-order valence-electron chi connectivity index (χ0n) is 15.2. The van der Waals surface area contributed by atoms with Crippen molar-refractivity contribution in [2.45, 2.75) is 32.8 Å². The summed E-state index contributed by atoms with van der Waals surface area (Å²) in [5.74, 6) is 0.527. The number of alkyl halides is 2. The van der Waals surface area contributed by atoms with E-state index in [0.29, 0.717) is 23.7 Å². The summed E-state index contributed by atoms with van der Waals surface area (Å²) in [6, 6.07) is 11.0. The number of nitrogens with zero attached hydrogens (tertiary/aromatic N) is 1. The minimum Gasteiger partial charge on any atom is -0.449 e. The van der Waals surface area contributed by atoms with Crippen LogP contribution in [-0.2, 0) is 6.54 Å². The van der Waals surface area contributed by atoms with Gasteiger partial charge in [0.05, 0.1) is 0 Å². The van der Waals surface area contributed by atoms with Gasteiger partial charge in [0, 0.05) is 39.2 Å². The first kappa shape index (κ1) is 18.8. The fraction of sp³-hybridized carbons (Fsp3) is 0.316. The molecule has 0 radical (unpaired) electrons. The lowest BCUT2D eigenvalue weighted by Crippen LogP contribution is -2.30. The van der Waals surface area contributed by atoms with Crippen LogP contribution in [-0.4, -0.2) is 30.4 Å². The number of halogens is 2. The Hall–Kier alpha value is -3.03. The van der Waals surface area contributed by atoms with Crippen molar-refractivity contribution in [1.82, 2.24) is 4.90 Å². The van der Waals surface area contributed by atoms with Crippen LogP contribution in [0.3, 0.4) is 0 Å². The van der Waals surface area contributed by atoms with Crippen LogP contribution >= 0.6 is 0 Å². The van der Waals surface area contributed by atoms with Crippen molar-refractivity contribution >= 4 is 11.7 Å². The van der Waals surface area contributed by atoms with Gasteiger partial charge in [-0.1, -0.05) is 12.1 Å². The van der Waals surface area contributed by atoms with Crippen molar-refractivity contribution in [2.75, 3.05) is 12.4 Å². The highest BCUT2D eigenvalue weighted by Crippen LogP contribution is 2.40. The Labute approximate surface area is 155 Å². The van der Waals surface area contributed by atoms with Crippen LogP contribution < -0.4 is 19.5 Å². The average molecular weight is 378 g/mol. The van der Waals surface area contributed by atoms with E-state index in [1.807, 2.05) is 0 Å². The van der Waals surface area contributed by atoms with Gasteiger partial charge in [-0.15, -0.1) is 0 Å². The monoisotopic (exact) mass is 378 g/mol. The standard InChI is InChI=1S/C19H20F2N2O4/c1-19(2)26-15-9-6-13(10-16(15)27-19)22-18(24)23(3)11-12-4-7-14(8-5-12)25-17(20)21/h4-10,17H,11H2,1-3H3,(H,22,24). The molecule has 0 bridgehead atoms. The molecule has 27 heavy (non-hydrogen) atoms. The van der Waals surface area contributed by atoms with Crippen molar-refractivity contribution in [3.8, 4) is 17.2 Å². The van der Waals surface area contributed by atoms with Gasteiger partial charge in [0.2, 0.25) is 5.79 Å². The molecule has 2 aromatic carbocycles. The Morgan fingerprint density at radius 2 is 1.81 bits per heavy atom. The van der Waals surface area contributed by atoms with Gasteiger partial charge >= 0.3 is 12.6 Å². The summed E-state index contributed by atoms with van der Waals surface area (Å²) in [6.07, 6.45) is 0. The number of carbonyl (C=O) groups excluding carboxylic acids is 1. The van der Waals surface area contributed by atoms with Crippen molar-refractivity contribution in [3.63, 3.8) is 0 Å². The molecule has 0 saturated heterocycles. The number of anilines is 1. The Morgan fingerprint density at radius 1 is 1.15 bits per heavy atom. The summed E-state index contributed by atoms with van der Waals surface area (Å²) >= 11 is 0. The first-order valence-corrected chi connectivity index (χ1v) is 8.30. The maximum atomic E-state index is 12.4. The zero-order valence-corrected chi connectivity index (χ0v) is 15.2. The third-order valence-corrected chi connectivity index (χ3v) is 3.82. The van der Waals surface area contributed by atoms with Gasteiger partial charge in [0.1, 0.15) is 5.75 Å². The van der Waals surface area contributed by atoms with E-state index in [-0.39, 0.29) is 11.8 Å². The number of hydrogen-bond acceptors (Lipinski definition) is 4. The van der Waals surface area contributed by atoms with Gasteiger partial charge in [0.25, 0.3) is 0 Å². The van der Waals surface area contributed by atoms with Gasteiger partial charge < -0.3 is 24.4 Å². The van der Waals surface area contributed by atoms with E-state index in [1.54, 1.807) is 51.2 Å².